The van der Waals surface area contributed by atoms with Gasteiger partial charge in [0.25, 0.3) is 0 Å². The van der Waals surface area contributed by atoms with E-state index in [0.29, 0.717) is 0 Å². The molecule has 1 N–H and O–H groups in total. The number of nitrogens with one attached hydrogen (secondary N) is 1. The molecule has 5 heteroatoms. The number of hydrogen-bond acceptors (Lipinski definition) is 4. The second-order valence-electron chi connectivity index (χ2n) is 5.80. The lowest BCUT2D eigenvalue weighted by Gasteiger charge is -2.15. The molecule has 1 aromatic carbocycles. The molecule has 0 aliphatic heterocycles. The second kappa shape index (κ2) is 6.84. The molecule has 0 radical (unpaired) electrons. The Morgan fingerprint density at radius 3 is 2.95 bits per heavy atom. The van der Waals surface area contributed by atoms with Crippen molar-refractivity contribution < 1.29 is 4.79 Å². The molecular formula is C17H20N2OS2. The van der Waals surface area contributed by atoms with Gasteiger partial charge in [0.05, 0.1) is 10.9 Å². The summed E-state index contributed by atoms with van der Waals surface area (Å²) in [5, 5.41) is 3.60. The summed E-state index contributed by atoms with van der Waals surface area (Å²) < 4.78 is 0. The molecule has 0 spiro atoms. The fourth-order valence-electron chi connectivity index (χ4n) is 2.56. The van der Waals surface area contributed by atoms with E-state index in [1.54, 1.807) is 23.1 Å². The van der Waals surface area contributed by atoms with E-state index in [-0.39, 0.29) is 11.2 Å². The number of fused-ring (bicyclic) bond motifs is 1. The van der Waals surface area contributed by atoms with E-state index in [2.05, 4.69) is 17.2 Å². The van der Waals surface area contributed by atoms with Crippen molar-refractivity contribution in [1.82, 2.24) is 4.98 Å². The Hall–Kier alpha value is -1.33. The molecule has 3 rings (SSSR count). The molecule has 1 aromatic heterocycles. The van der Waals surface area contributed by atoms with Gasteiger partial charge in [-0.05, 0) is 44.2 Å². The van der Waals surface area contributed by atoms with Crippen molar-refractivity contribution in [1.29, 1.82) is 0 Å². The molecule has 0 saturated carbocycles. The van der Waals surface area contributed by atoms with Gasteiger partial charge < -0.3 is 5.32 Å². The summed E-state index contributed by atoms with van der Waals surface area (Å²) >= 11 is 3.21. The number of rotatable bonds is 4. The zero-order valence-electron chi connectivity index (χ0n) is 12.8. The predicted octanol–water partition coefficient (Wildman–Crippen LogP) is 4.39. The Labute approximate surface area is 139 Å². The number of nitrogens with zero attached hydrogens (tertiary/aromatic N) is 1. The standard InChI is InChI=1S/C17H20N2OS2/c1-11-8-9-14-15(10-11)22-17(18-14)19-16(20)12(2)21-13-6-4-3-5-7-13/h3-7,11-12H,8-10H2,1-2H3,(H,18,19,20). The topological polar surface area (TPSA) is 42.0 Å². The average Bonchev–Trinajstić information content (AvgIpc) is 2.89. The Morgan fingerprint density at radius 1 is 1.41 bits per heavy atom. The molecule has 0 fully saturated rings. The van der Waals surface area contributed by atoms with Crippen LogP contribution in [0.25, 0.3) is 0 Å². The number of aromatic nitrogens is 1. The predicted molar refractivity (Wildman–Crippen MR) is 93.7 cm³/mol. The molecular weight excluding hydrogens is 312 g/mol. The SMILES string of the molecule is CC1CCc2nc(NC(=O)C(C)Sc3ccccc3)sc2C1. The van der Waals surface area contributed by atoms with E-state index in [0.717, 1.165) is 28.8 Å². The molecule has 2 aromatic rings. The maximum Gasteiger partial charge on any atom is 0.239 e. The molecule has 1 heterocycles. The molecule has 0 bridgehead atoms. The quantitative estimate of drug-likeness (QED) is 0.845. The van der Waals surface area contributed by atoms with Crippen LogP contribution in [0.2, 0.25) is 0 Å². The number of benzene rings is 1. The Kier molecular flexibility index (Phi) is 4.84. The Balaban J connectivity index is 1.62. The number of carbonyl (C=O) groups is 1. The van der Waals surface area contributed by atoms with Crippen molar-refractivity contribution in [3.8, 4) is 0 Å². The largest absolute Gasteiger partial charge is 0.301 e. The van der Waals surface area contributed by atoms with Crippen LogP contribution < -0.4 is 5.32 Å². The van der Waals surface area contributed by atoms with Crippen molar-refractivity contribution in [2.75, 3.05) is 5.32 Å². The minimum absolute atomic E-state index is 0.0213. The van der Waals surface area contributed by atoms with Crippen LogP contribution >= 0.6 is 23.1 Å². The van der Waals surface area contributed by atoms with Crippen LogP contribution in [-0.2, 0) is 17.6 Å². The molecule has 0 saturated heterocycles. The monoisotopic (exact) mass is 332 g/mol. The summed E-state index contributed by atoms with van der Waals surface area (Å²) in [6.07, 6.45) is 3.33. The number of amides is 1. The van der Waals surface area contributed by atoms with Crippen LogP contribution in [0.15, 0.2) is 35.2 Å². The highest BCUT2D eigenvalue weighted by molar-refractivity contribution is 8.00. The van der Waals surface area contributed by atoms with Gasteiger partial charge in [-0.1, -0.05) is 25.1 Å². The van der Waals surface area contributed by atoms with Crippen molar-refractivity contribution in [2.45, 2.75) is 43.3 Å². The molecule has 3 nitrogen and oxygen atoms in total. The van der Waals surface area contributed by atoms with Crippen LogP contribution in [0.4, 0.5) is 5.13 Å². The van der Waals surface area contributed by atoms with E-state index in [1.165, 1.54) is 17.0 Å². The van der Waals surface area contributed by atoms with Gasteiger partial charge in [0.15, 0.2) is 5.13 Å². The van der Waals surface area contributed by atoms with E-state index < -0.39 is 0 Å². The maximum atomic E-state index is 12.3. The Bertz CT molecular complexity index is 654. The molecule has 116 valence electrons. The van der Waals surface area contributed by atoms with Gasteiger partial charge in [0, 0.05) is 9.77 Å². The van der Waals surface area contributed by atoms with Gasteiger partial charge in [-0.15, -0.1) is 23.1 Å². The van der Waals surface area contributed by atoms with E-state index in [4.69, 9.17) is 0 Å². The van der Waals surface area contributed by atoms with E-state index in [1.807, 2.05) is 37.3 Å². The van der Waals surface area contributed by atoms with Gasteiger partial charge in [-0.25, -0.2) is 4.98 Å². The number of carbonyl (C=O) groups excluding carboxylic acids is 1. The van der Waals surface area contributed by atoms with Crippen molar-refractivity contribution in [3.63, 3.8) is 0 Å². The molecule has 1 aliphatic rings. The fraction of sp³-hybridized carbons (Fsp3) is 0.412. The number of thioether (sulfide) groups is 1. The number of anilines is 1. The summed E-state index contributed by atoms with van der Waals surface area (Å²) in [5.41, 5.74) is 1.18. The highest BCUT2D eigenvalue weighted by Crippen LogP contribution is 2.32. The Morgan fingerprint density at radius 2 is 2.18 bits per heavy atom. The van der Waals surface area contributed by atoms with Gasteiger partial charge >= 0.3 is 0 Å². The third-order valence-corrected chi connectivity index (χ3v) is 5.99. The first-order valence-electron chi connectivity index (χ1n) is 7.63. The van der Waals surface area contributed by atoms with Crippen molar-refractivity contribution >= 4 is 34.1 Å². The minimum atomic E-state index is -0.137. The lowest BCUT2D eigenvalue weighted by atomic mass is 9.93. The van der Waals surface area contributed by atoms with Crippen molar-refractivity contribution in [3.05, 3.63) is 40.9 Å². The van der Waals surface area contributed by atoms with Gasteiger partial charge in [-0.3, -0.25) is 4.79 Å². The van der Waals surface area contributed by atoms with Gasteiger partial charge in [-0.2, -0.15) is 0 Å². The second-order valence-corrected chi connectivity index (χ2v) is 8.30. The maximum absolute atomic E-state index is 12.3. The summed E-state index contributed by atoms with van der Waals surface area (Å²) in [4.78, 5) is 19.4. The number of hydrogen-bond donors (Lipinski definition) is 1. The fourth-order valence-corrected chi connectivity index (χ4v) is 4.62. The first-order chi connectivity index (χ1) is 10.6. The van der Waals surface area contributed by atoms with Crippen molar-refractivity contribution in [2.24, 2.45) is 5.92 Å². The first kappa shape index (κ1) is 15.6. The summed E-state index contributed by atoms with van der Waals surface area (Å²) in [6, 6.07) is 10.0. The minimum Gasteiger partial charge on any atom is -0.301 e. The van der Waals surface area contributed by atoms with Gasteiger partial charge in [0.1, 0.15) is 0 Å². The van der Waals surface area contributed by atoms with E-state index in [9.17, 15) is 4.79 Å². The smallest absolute Gasteiger partial charge is 0.239 e. The molecule has 22 heavy (non-hydrogen) atoms. The third-order valence-electron chi connectivity index (χ3n) is 3.84. The average molecular weight is 332 g/mol. The number of aryl methyl sites for hydroxylation is 1. The molecule has 2 unspecified atom stereocenters. The highest BCUT2D eigenvalue weighted by atomic mass is 32.2. The van der Waals surface area contributed by atoms with Crippen LogP contribution in [0.5, 0.6) is 0 Å². The van der Waals surface area contributed by atoms with Gasteiger partial charge in [0.2, 0.25) is 5.91 Å². The van der Waals surface area contributed by atoms with Crippen LogP contribution in [0.1, 0.15) is 30.8 Å². The lowest BCUT2D eigenvalue weighted by molar-refractivity contribution is -0.115. The van der Waals surface area contributed by atoms with Crippen LogP contribution in [0.3, 0.4) is 0 Å². The molecule has 1 amide bonds. The van der Waals surface area contributed by atoms with Crippen LogP contribution in [0, 0.1) is 5.92 Å². The zero-order valence-corrected chi connectivity index (χ0v) is 14.5. The summed E-state index contributed by atoms with van der Waals surface area (Å²) in [6.45, 7) is 4.21. The van der Waals surface area contributed by atoms with Crippen LogP contribution in [-0.4, -0.2) is 16.1 Å². The first-order valence-corrected chi connectivity index (χ1v) is 9.32. The summed E-state index contributed by atoms with van der Waals surface area (Å²) in [5.74, 6) is 0.747. The highest BCUT2D eigenvalue weighted by Gasteiger charge is 2.22. The molecule has 1 aliphatic carbocycles. The summed E-state index contributed by atoms with van der Waals surface area (Å²) in [7, 11) is 0. The normalized spacial score (nSPS) is 18.5. The lowest BCUT2D eigenvalue weighted by Crippen LogP contribution is -2.22. The number of thiazole rings is 1. The van der Waals surface area contributed by atoms with E-state index >= 15 is 0 Å². The zero-order chi connectivity index (χ0) is 15.5. The molecule has 2 atom stereocenters. The third kappa shape index (κ3) is 3.70.